The Morgan fingerprint density at radius 1 is 1.04 bits per heavy atom. The van der Waals surface area contributed by atoms with Crippen LogP contribution in [0.15, 0.2) is 53.5 Å². The van der Waals surface area contributed by atoms with Crippen molar-refractivity contribution in [1.29, 1.82) is 0 Å². The number of benzene rings is 2. The van der Waals surface area contributed by atoms with Crippen LogP contribution in [0.5, 0.6) is 5.88 Å². The number of imidazole rings is 1. The van der Waals surface area contributed by atoms with Crippen LogP contribution in [0.2, 0.25) is 0 Å². The van der Waals surface area contributed by atoms with Gasteiger partial charge in [-0.25, -0.2) is 4.79 Å². The molecule has 0 aliphatic carbocycles. The highest BCUT2D eigenvalue weighted by atomic mass is 16.3. The van der Waals surface area contributed by atoms with Crippen LogP contribution in [-0.2, 0) is 20.1 Å². The van der Waals surface area contributed by atoms with E-state index in [4.69, 9.17) is 0 Å². The smallest absolute Gasteiger partial charge is 0.331 e. The Bertz CT molecular complexity index is 1110. The lowest BCUT2D eigenvalue weighted by Crippen LogP contribution is -2.30. The minimum Gasteiger partial charge on any atom is -0.493 e. The van der Waals surface area contributed by atoms with Crippen molar-refractivity contribution < 1.29 is 9.90 Å². The molecule has 0 saturated heterocycles. The molecule has 1 aliphatic rings. The molecule has 0 atom stereocenters. The van der Waals surface area contributed by atoms with Gasteiger partial charge in [0.15, 0.2) is 0 Å². The van der Waals surface area contributed by atoms with Crippen LogP contribution in [0.4, 0.5) is 0 Å². The lowest BCUT2D eigenvalue weighted by molar-refractivity contribution is 0.0730. The van der Waals surface area contributed by atoms with Gasteiger partial charge < -0.3 is 10.0 Å². The van der Waals surface area contributed by atoms with Crippen LogP contribution < -0.4 is 5.69 Å². The lowest BCUT2D eigenvalue weighted by atomic mass is 9.99. The van der Waals surface area contributed by atoms with Gasteiger partial charge in [0.05, 0.1) is 12.7 Å². The number of rotatable bonds is 4. The first-order chi connectivity index (χ1) is 13.3. The maximum atomic E-state index is 12.4. The SMILES string of the molecule is CC(C)N1Cc2cc(-c3ccc(Cn4cc(O)n(C)c4=O)cc3)ccc2C1=O. The molecular formula is C22H23N3O3. The topological polar surface area (TPSA) is 67.5 Å². The summed E-state index contributed by atoms with van der Waals surface area (Å²) in [6.07, 6.45) is 1.44. The fraction of sp³-hybridized carbons (Fsp3) is 0.273. The number of hydrogen-bond acceptors (Lipinski definition) is 3. The van der Waals surface area contributed by atoms with E-state index < -0.39 is 0 Å². The Balaban J connectivity index is 1.57. The van der Waals surface area contributed by atoms with Crippen LogP contribution in [0.3, 0.4) is 0 Å². The van der Waals surface area contributed by atoms with Crippen molar-refractivity contribution in [2.45, 2.75) is 33.0 Å². The summed E-state index contributed by atoms with van der Waals surface area (Å²) in [5.41, 5.74) is 4.70. The summed E-state index contributed by atoms with van der Waals surface area (Å²) >= 11 is 0. The predicted octanol–water partition coefficient (Wildman–Crippen LogP) is 2.97. The molecule has 144 valence electrons. The van der Waals surface area contributed by atoms with Gasteiger partial charge in [0.25, 0.3) is 5.91 Å². The van der Waals surface area contributed by atoms with E-state index in [0.717, 1.165) is 27.8 Å². The molecule has 0 bridgehead atoms. The van der Waals surface area contributed by atoms with E-state index in [-0.39, 0.29) is 23.5 Å². The largest absolute Gasteiger partial charge is 0.493 e. The van der Waals surface area contributed by atoms with Crippen molar-refractivity contribution in [1.82, 2.24) is 14.0 Å². The molecule has 2 heterocycles. The summed E-state index contributed by atoms with van der Waals surface area (Å²) in [5, 5.41) is 9.65. The quantitative estimate of drug-likeness (QED) is 0.760. The number of carbonyl (C=O) groups excluding carboxylic acids is 1. The summed E-state index contributed by atoms with van der Waals surface area (Å²) in [6, 6.07) is 14.2. The third kappa shape index (κ3) is 3.01. The van der Waals surface area contributed by atoms with Crippen molar-refractivity contribution >= 4 is 5.91 Å². The molecule has 6 nitrogen and oxygen atoms in total. The van der Waals surface area contributed by atoms with Crippen LogP contribution in [0, 0.1) is 0 Å². The van der Waals surface area contributed by atoms with Crippen LogP contribution >= 0.6 is 0 Å². The first kappa shape index (κ1) is 18.1. The zero-order valence-electron chi connectivity index (χ0n) is 16.2. The van der Waals surface area contributed by atoms with Gasteiger partial charge in [-0.05, 0) is 48.2 Å². The van der Waals surface area contributed by atoms with Gasteiger partial charge in [-0.3, -0.25) is 13.9 Å². The van der Waals surface area contributed by atoms with Gasteiger partial charge in [-0.15, -0.1) is 0 Å². The Labute approximate surface area is 163 Å². The average molecular weight is 377 g/mol. The zero-order chi connectivity index (χ0) is 20.0. The minimum absolute atomic E-state index is 0.0512. The highest BCUT2D eigenvalue weighted by Gasteiger charge is 2.29. The number of amides is 1. The molecule has 28 heavy (non-hydrogen) atoms. The molecule has 6 heteroatoms. The van der Waals surface area contributed by atoms with Gasteiger partial charge in [0.1, 0.15) is 0 Å². The van der Waals surface area contributed by atoms with Gasteiger partial charge in [-0.2, -0.15) is 0 Å². The van der Waals surface area contributed by atoms with Crippen molar-refractivity contribution in [3.05, 3.63) is 75.8 Å². The fourth-order valence-electron chi connectivity index (χ4n) is 3.62. The number of carbonyl (C=O) groups is 1. The van der Waals surface area contributed by atoms with Crippen LogP contribution in [0.1, 0.15) is 35.3 Å². The van der Waals surface area contributed by atoms with E-state index in [1.165, 1.54) is 22.4 Å². The lowest BCUT2D eigenvalue weighted by Gasteiger charge is -2.19. The molecule has 1 aliphatic heterocycles. The normalized spacial score (nSPS) is 13.4. The molecule has 3 aromatic rings. The summed E-state index contributed by atoms with van der Waals surface area (Å²) in [5.74, 6) is 0.0493. The van der Waals surface area contributed by atoms with E-state index >= 15 is 0 Å². The number of hydrogen-bond donors (Lipinski definition) is 1. The summed E-state index contributed by atoms with van der Waals surface area (Å²) < 4.78 is 2.69. The molecule has 2 aromatic carbocycles. The fourth-order valence-corrected chi connectivity index (χ4v) is 3.62. The third-order valence-electron chi connectivity index (χ3n) is 5.35. The molecular weight excluding hydrogens is 354 g/mol. The number of aromatic nitrogens is 2. The summed E-state index contributed by atoms with van der Waals surface area (Å²) in [7, 11) is 1.54. The third-order valence-corrected chi connectivity index (χ3v) is 5.35. The first-order valence-electron chi connectivity index (χ1n) is 9.33. The van der Waals surface area contributed by atoms with Gasteiger partial charge in [0, 0.05) is 25.2 Å². The Kier molecular flexibility index (Phi) is 4.34. The Morgan fingerprint density at radius 3 is 2.32 bits per heavy atom. The monoisotopic (exact) mass is 377 g/mol. The number of nitrogens with zero attached hydrogens (tertiary/aromatic N) is 3. The van der Waals surface area contributed by atoms with Crippen molar-refractivity contribution in [2.24, 2.45) is 7.05 Å². The molecule has 0 unspecified atom stereocenters. The second-order valence-electron chi connectivity index (χ2n) is 7.55. The van der Waals surface area contributed by atoms with E-state index in [9.17, 15) is 14.7 Å². The van der Waals surface area contributed by atoms with Crippen molar-refractivity contribution in [3.8, 4) is 17.0 Å². The molecule has 0 fully saturated rings. The van der Waals surface area contributed by atoms with Crippen LogP contribution in [0.25, 0.3) is 11.1 Å². The first-order valence-corrected chi connectivity index (χ1v) is 9.33. The number of fused-ring (bicyclic) bond motifs is 1. The second kappa shape index (κ2) is 6.71. The molecule has 1 amide bonds. The molecule has 1 N–H and O–H groups in total. The number of aromatic hydroxyl groups is 1. The molecule has 4 rings (SSSR count). The van der Waals surface area contributed by atoms with E-state index in [2.05, 4.69) is 6.07 Å². The zero-order valence-corrected chi connectivity index (χ0v) is 16.2. The van der Waals surface area contributed by atoms with Gasteiger partial charge in [-0.1, -0.05) is 30.3 Å². The van der Waals surface area contributed by atoms with Crippen molar-refractivity contribution in [2.75, 3.05) is 0 Å². The van der Waals surface area contributed by atoms with Gasteiger partial charge in [0.2, 0.25) is 5.88 Å². The summed E-state index contributed by atoms with van der Waals surface area (Å²) in [4.78, 5) is 26.3. The molecule has 0 radical (unpaired) electrons. The standard InChI is InChI=1S/C22H23N3O3/c1-14(2)25-12-18-10-17(8-9-19(18)21(25)27)16-6-4-15(5-7-16)11-24-13-20(26)23(3)22(24)28/h4-10,13-14,26H,11-12H2,1-3H3. The minimum atomic E-state index is -0.250. The van der Waals surface area contributed by atoms with Gasteiger partial charge >= 0.3 is 5.69 Å². The highest BCUT2D eigenvalue weighted by molar-refractivity contribution is 5.99. The maximum Gasteiger partial charge on any atom is 0.331 e. The molecule has 0 saturated carbocycles. The molecule has 0 spiro atoms. The Hall–Kier alpha value is -3.28. The highest BCUT2D eigenvalue weighted by Crippen LogP contribution is 2.29. The van der Waals surface area contributed by atoms with E-state index in [0.29, 0.717) is 13.1 Å². The molecule has 1 aromatic heterocycles. The average Bonchev–Trinajstić information content (AvgIpc) is 3.14. The van der Waals surface area contributed by atoms with Crippen LogP contribution in [-0.4, -0.2) is 31.1 Å². The predicted molar refractivity (Wildman–Crippen MR) is 107 cm³/mol. The van der Waals surface area contributed by atoms with Crippen molar-refractivity contribution in [3.63, 3.8) is 0 Å². The van der Waals surface area contributed by atoms with E-state index in [1.807, 2.05) is 55.1 Å². The summed E-state index contributed by atoms with van der Waals surface area (Å²) in [6.45, 7) is 5.11. The Morgan fingerprint density at radius 2 is 1.71 bits per heavy atom. The maximum absolute atomic E-state index is 12.4. The van der Waals surface area contributed by atoms with E-state index in [1.54, 1.807) is 0 Å². The second-order valence-corrected chi connectivity index (χ2v) is 7.55.